The standard InChI is InChI=1S/C20H29FN2O4/c1-13(22-17-12-15(18(24)26-5)6-7-16(17)21)14-8-10-23(11-9-14)19(25)27-20(2,3)4/h6-7,12-14,22H,8-11H2,1-5H3. The second-order valence-electron chi connectivity index (χ2n) is 7.92. The van der Waals surface area contributed by atoms with Crippen molar-refractivity contribution in [2.45, 2.75) is 52.2 Å². The first-order valence-corrected chi connectivity index (χ1v) is 9.23. The summed E-state index contributed by atoms with van der Waals surface area (Å²) in [5.41, 5.74) is 0.0682. The number of halogens is 1. The zero-order chi connectivity index (χ0) is 20.2. The number of amides is 1. The zero-order valence-corrected chi connectivity index (χ0v) is 16.7. The van der Waals surface area contributed by atoms with Crippen LogP contribution in [0, 0.1) is 11.7 Å². The molecule has 1 aromatic carbocycles. The lowest BCUT2D eigenvalue weighted by atomic mass is 9.90. The number of carbonyl (C=O) groups excluding carboxylic acids is 2. The Balaban J connectivity index is 1.94. The van der Waals surface area contributed by atoms with Crippen molar-refractivity contribution in [3.05, 3.63) is 29.6 Å². The van der Waals surface area contributed by atoms with E-state index in [9.17, 15) is 14.0 Å². The average Bonchev–Trinajstić information content (AvgIpc) is 2.61. The molecule has 2 rings (SSSR count). The molecule has 0 spiro atoms. The first kappa shape index (κ1) is 21.0. The number of methoxy groups -OCH3 is 1. The maximum Gasteiger partial charge on any atom is 0.410 e. The SMILES string of the molecule is COC(=O)c1ccc(F)c(NC(C)C2CCN(C(=O)OC(C)(C)C)CC2)c1. The first-order chi connectivity index (χ1) is 12.6. The smallest absolute Gasteiger partial charge is 0.410 e. The molecule has 1 aliphatic heterocycles. The molecule has 1 unspecified atom stereocenters. The van der Waals surface area contributed by atoms with E-state index in [1.54, 1.807) is 4.90 Å². The number of esters is 1. The number of anilines is 1. The highest BCUT2D eigenvalue weighted by Crippen LogP contribution is 2.26. The maximum atomic E-state index is 14.1. The van der Waals surface area contributed by atoms with Crippen LogP contribution in [0.2, 0.25) is 0 Å². The summed E-state index contributed by atoms with van der Waals surface area (Å²) in [7, 11) is 1.29. The number of nitrogens with one attached hydrogen (secondary N) is 1. The average molecular weight is 380 g/mol. The molecule has 7 heteroatoms. The Kier molecular flexibility index (Phi) is 6.68. The zero-order valence-electron chi connectivity index (χ0n) is 16.7. The maximum absolute atomic E-state index is 14.1. The van der Waals surface area contributed by atoms with Crippen molar-refractivity contribution in [3.8, 4) is 0 Å². The summed E-state index contributed by atoms with van der Waals surface area (Å²) in [4.78, 5) is 25.5. The third kappa shape index (κ3) is 5.84. The van der Waals surface area contributed by atoms with Crippen LogP contribution < -0.4 is 5.32 Å². The molecule has 0 bridgehead atoms. The van der Waals surface area contributed by atoms with E-state index < -0.39 is 17.4 Å². The summed E-state index contributed by atoms with van der Waals surface area (Å²) >= 11 is 0. The van der Waals surface area contributed by atoms with Crippen LogP contribution in [0.3, 0.4) is 0 Å². The fourth-order valence-corrected chi connectivity index (χ4v) is 3.15. The molecule has 1 atom stereocenters. The van der Waals surface area contributed by atoms with E-state index in [0.29, 0.717) is 18.7 Å². The van der Waals surface area contributed by atoms with Gasteiger partial charge in [0.15, 0.2) is 0 Å². The molecule has 1 amide bonds. The minimum Gasteiger partial charge on any atom is -0.465 e. The van der Waals surface area contributed by atoms with Gasteiger partial charge in [0.2, 0.25) is 0 Å². The fraction of sp³-hybridized carbons (Fsp3) is 0.600. The van der Waals surface area contributed by atoms with Crippen LogP contribution in [0.5, 0.6) is 0 Å². The first-order valence-electron chi connectivity index (χ1n) is 9.23. The van der Waals surface area contributed by atoms with E-state index in [-0.39, 0.29) is 23.7 Å². The molecular formula is C20H29FN2O4. The minimum atomic E-state index is -0.509. The monoisotopic (exact) mass is 380 g/mol. The van der Waals surface area contributed by atoms with Gasteiger partial charge in [-0.1, -0.05) is 0 Å². The topological polar surface area (TPSA) is 67.9 Å². The molecule has 1 N–H and O–H groups in total. The van der Waals surface area contributed by atoms with Gasteiger partial charge in [-0.15, -0.1) is 0 Å². The largest absolute Gasteiger partial charge is 0.465 e. The van der Waals surface area contributed by atoms with Crippen molar-refractivity contribution < 1.29 is 23.5 Å². The van der Waals surface area contributed by atoms with E-state index in [1.165, 1.54) is 25.3 Å². The lowest BCUT2D eigenvalue weighted by molar-refractivity contribution is 0.0179. The van der Waals surface area contributed by atoms with E-state index in [0.717, 1.165) is 12.8 Å². The summed E-state index contributed by atoms with van der Waals surface area (Å²) < 4.78 is 24.2. The molecule has 1 saturated heterocycles. The number of hydrogen-bond donors (Lipinski definition) is 1. The number of piperidine rings is 1. The normalized spacial score (nSPS) is 16.6. The van der Waals surface area contributed by atoms with Crippen molar-refractivity contribution in [3.63, 3.8) is 0 Å². The Morgan fingerprint density at radius 2 is 1.89 bits per heavy atom. The molecule has 27 heavy (non-hydrogen) atoms. The summed E-state index contributed by atoms with van der Waals surface area (Å²) in [6.45, 7) is 8.74. The molecule has 6 nitrogen and oxygen atoms in total. The second-order valence-corrected chi connectivity index (χ2v) is 7.92. The van der Waals surface area contributed by atoms with Crippen molar-refractivity contribution in [1.82, 2.24) is 4.90 Å². The quantitative estimate of drug-likeness (QED) is 0.798. The highest BCUT2D eigenvalue weighted by atomic mass is 19.1. The van der Waals surface area contributed by atoms with Crippen LogP contribution in [0.25, 0.3) is 0 Å². The minimum absolute atomic E-state index is 0.00631. The van der Waals surface area contributed by atoms with Gasteiger partial charge >= 0.3 is 12.1 Å². The Hall–Kier alpha value is -2.31. The fourth-order valence-electron chi connectivity index (χ4n) is 3.15. The molecule has 0 aromatic heterocycles. The van der Waals surface area contributed by atoms with Gasteiger partial charge in [0, 0.05) is 19.1 Å². The molecule has 1 aromatic rings. The van der Waals surface area contributed by atoms with Gasteiger partial charge in [-0.3, -0.25) is 0 Å². The third-order valence-electron chi connectivity index (χ3n) is 4.67. The number of nitrogens with zero attached hydrogens (tertiary/aromatic N) is 1. The van der Waals surface area contributed by atoms with Crippen molar-refractivity contribution in [2.75, 3.05) is 25.5 Å². The number of benzene rings is 1. The Labute approximate surface area is 160 Å². The van der Waals surface area contributed by atoms with Crippen LogP contribution in [0.15, 0.2) is 18.2 Å². The van der Waals surface area contributed by atoms with Gasteiger partial charge in [-0.25, -0.2) is 14.0 Å². The van der Waals surface area contributed by atoms with Gasteiger partial charge in [-0.2, -0.15) is 0 Å². The van der Waals surface area contributed by atoms with Crippen molar-refractivity contribution in [2.24, 2.45) is 5.92 Å². The van der Waals surface area contributed by atoms with Gasteiger partial charge in [0.05, 0.1) is 18.4 Å². The van der Waals surface area contributed by atoms with Crippen LogP contribution in [0.4, 0.5) is 14.9 Å². The summed E-state index contributed by atoms with van der Waals surface area (Å²) in [6, 6.07) is 4.11. The lowest BCUT2D eigenvalue weighted by Crippen LogP contribution is -2.44. The van der Waals surface area contributed by atoms with Crippen molar-refractivity contribution >= 4 is 17.7 Å². The Morgan fingerprint density at radius 3 is 2.44 bits per heavy atom. The Bertz CT molecular complexity index is 679. The highest BCUT2D eigenvalue weighted by molar-refractivity contribution is 5.90. The number of likely N-dealkylation sites (tertiary alicyclic amines) is 1. The molecular weight excluding hydrogens is 351 g/mol. The number of rotatable bonds is 4. The molecule has 0 radical (unpaired) electrons. The van der Waals surface area contributed by atoms with Crippen LogP contribution in [0.1, 0.15) is 50.9 Å². The van der Waals surface area contributed by atoms with Crippen LogP contribution in [-0.4, -0.2) is 48.8 Å². The van der Waals surface area contributed by atoms with Crippen molar-refractivity contribution in [1.29, 1.82) is 0 Å². The molecule has 0 saturated carbocycles. The van der Waals surface area contributed by atoms with Crippen LogP contribution >= 0.6 is 0 Å². The molecule has 1 fully saturated rings. The van der Waals surface area contributed by atoms with Gasteiger partial charge < -0.3 is 19.7 Å². The van der Waals surface area contributed by atoms with E-state index >= 15 is 0 Å². The molecule has 1 heterocycles. The molecule has 0 aliphatic carbocycles. The number of ether oxygens (including phenoxy) is 2. The Morgan fingerprint density at radius 1 is 1.26 bits per heavy atom. The van der Waals surface area contributed by atoms with Gasteiger partial charge in [0.1, 0.15) is 11.4 Å². The summed E-state index contributed by atoms with van der Waals surface area (Å²) in [6.07, 6.45) is 1.30. The lowest BCUT2D eigenvalue weighted by Gasteiger charge is -2.36. The molecule has 1 aliphatic rings. The second kappa shape index (κ2) is 8.59. The van der Waals surface area contributed by atoms with Gasteiger partial charge in [0.25, 0.3) is 0 Å². The predicted molar refractivity (Wildman–Crippen MR) is 101 cm³/mol. The molecule has 150 valence electrons. The highest BCUT2D eigenvalue weighted by Gasteiger charge is 2.29. The number of hydrogen-bond acceptors (Lipinski definition) is 5. The number of carbonyl (C=O) groups is 2. The van der Waals surface area contributed by atoms with E-state index in [1.807, 2.05) is 27.7 Å². The third-order valence-corrected chi connectivity index (χ3v) is 4.67. The van der Waals surface area contributed by atoms with Crippen LogP contribution in [-0.2, 0) is 9.47 Å². The summed E-state index contributed by atoms with van der Waals surface area (Å²) in [5, 5.41) is 3.16. The summed E-state index contributed by atoms with van der Waals surface area (Å²) in [5.74, 6) is -0.637. The van der Waals surface area contributed by atoms with E-state index in [2.05, 4.69) is 10.1 Å². The van der Waals surface area contributed by atoms with Gasteiger partial charge in [-0.05, 0) is 64.7 Å². The predicted octanol–water partition coefficient (Wildman–Crippen LogP) is 4.06. The van der Waals surface area contributed by atoms with E-state index in [4.69, 9.17) is 4.74 Å².